The largest absolute Gasteiger partial charge is 0.0928 e. The summed E-state index contributed by atoms with van der Waals surface area (Å²) < 4.78 is 0. The van der Waals surface area contributed by atoms with Crippen LogP contribution in [-0.2, 0) is 0 Å². The van der Waals surface area contributed by atoms with E-state index in [4.69, 9.17) is 0 Å². The number of fused-ring (bicyclic) bond motifs is 2. The fourth-order valence-corrected chi connectivity index (χ4v) is 4.04. The van der Waals surface area contributed by atoms with E-state index >= 15 is 0 Å². The highest BCUT2D eigenvalue weighted by atomic mass is 79.9. The van der Waals surface area contributed by atoms with Gasteiger partial charge in [-0.15, -0.1) is 0 Å². The van der Waals surface area contributed by atoms with Crippen molar-refractivity contribution in [1.29, 1.82) is 0 Å². The molecule has 3 saturated carbocycles. The summed E-state index contributed by atoms with van der Waals surface area (Å²) in [5.74, 6) is 3.15. The van der Waals surface area contributed by atoms with Crippen LogP contribution in [0, 0.1) is 23.2 Å². The normalized spacial score (nSPS) is 43.8. The van der Waals surface area contributed by atoms with Crippen LogP contribution in [0.2, 0.25) is 0 Å². The number of hydrogen-bond donors (Lipinski definition) is 0. The van der Waals surface area contributed by atoms with Gasteiger partial charge in [0.2, 0.25) is 0 Å². The van der Waals surface area contributed by atoms with Crippen molar-refractivity contribution in [1.82, 2.24) is 0 Å². The Morgan fingerprint density at radius 3 is 2.58 bits per heavy atom. The second-order valence-corrected chi connectivity index (χ2v) is 5.97. The first-order valence-electron chi connectivity index (χ1n) is 5.22. The van der Waals surface area contributed by atoms with Crippen LogP contribution in [0.1, 0.15) is 39.5 Å². The topological polar surface area (TPSA) is 0 Å². The van der Waals surface area contributed by atoms with E-state index in [0.717, 1.165) is 17.8 Å². The van der Waals surface area contributed by atoms with Crippen LogP contribution < -0.4 is 0 Å². The van der Waals surface area contributed by atoms with Gasteiger partial charge in [0, 0.05) is 5.33 Å². The molecule has 0 spiro atoms. The Kier molecular flexibility index (Phi) is 2.27. The Balaban J connectivity index is 2.01. The minimum Gasteiger partial charge on any atom is -0.0928 e. The lowest BCUT2D eigenvalue weighted by Gasteiger charge is -2.60. The summed E-state index contributed by atoms with van der Waals surface area (Å²) in [6.07, 6.45) is 5.94. The highest BCUT2D eigenvalue weighted by Crippen LogP contribution is 2.61. The lowest BCUT2D eigenvalue weighted by atomic mass is 9.45. The van der Waals surface area contributed by atoms with Crippen LogP contribution >= 0.6 is 15.9 Å². The molecule has 0 saturated heterocycles. The molecular formula is C11H19Br. The Morgan fingerprint density at radius 2 is 2.08 bits per heavy atom. The predicted molar refractivity (Wildman–Crippen MR) is 56.5 cm³/mol. The maximum atomic E-state index is 3.57. The highest BCUT2D eigenvalue weighted by Gasteiger charge is 2.53. The lowest BCUT2D eigenvalue weighted by molar-refractivity contribution is -0.105. The second kappa shape index (κ2) is 3.01. The highest BCUT2D eigenvalue weighted by molar-refractivity contribution is 9.09. The number of halogens is 1. The van der Waals surface area contributed by atoms with E-state index < -0.39 is 0 Å². The molecule has 0 radical (unpaired) electrons. The van der Waals surface area contributed by atoms with E-state index in [1.807, 2.05) is 0 Å². The minimum absolute atomic E-state index is 0.686. The van der Waals surface area contributed by atoms with E-state index in [9.17, 15) is 0 Å². The van der Waals surface area contributed by atoms with Crippen molar-refractivity contribution in [2.24, 2.45) is 23.2 Å². The fourth-order valence-electron chi connectivity index (χ4n) is 3.45. The first kappa shape index (κ1) is 9.05. The van der Waals surface area contributed by atoms with Crippen LogP contribution in [0.25, 0.3) is 0 Å². The molecule has 0 aliphatic heterocycles. The van der Waals surface area contributed by atoms with Crippen molar-refractivity contribution in [3.63, 3.8) is 0 Å². The summed E-state index contributed by atoms with van der Waals surface area (Å²) in [6, 6.07) is 0. The monoisotopic (exact) mass is 230 g/mol. The van der Waals surface area contributed by atoms with Gasteiger partial charge in [-0.1, -0.05) is 29.8 Å². The van der Waals surface area contributed by atoms with Gasteiger partial charge in [0.15, 0.2) is 0 Å². The Labute approximate surface area is 84.2 Å². The molecule has 0 amide bonds. The molecule has 3 aliphatic carbocycles. The quantitative estimate of drug-likeness (QED) is 0.633. The molecule has 70 valence electrons. The number of alkyl halides is 1. The Bertz CT molecular complexity index is 170. The van der Waals surface area contributed by atoms with Gasteiger partial charge in [0.1, 0.15) is 0 Å². The molecule has 3 atom stereocenters. The third-order valence-electron chi connectivity index (χ3n) is 4.48. The van der Waals surface area contributed by atoms with Gasteiger partial charge in [-0.2, -0.15) is 0 Å². The molecule has 1 heteroatoms. The van der Waals surface area contributed by atoms with Crippen molar-refractivity contribution < 1.29 is 0 Å². The van der Waals surface area contributed by atoms with E-state index in [1.54, 1.807) is 0 Å². The van der Waals surface area contributed by atoms with E-state index in [1.165, 1.54) is 31.0 Å². The molecule has 0 unspecified atom stereocenters. The average Bonchev–Trinajstić information content (AvgIpc) is 2.05. The first-order valence-corrected chi connectivity index (χ1v) is 6.34. The molecule has 0 nitrogen and oxygen atoms in total. The molecule has 0 aromatic carbocycles. The maximum Gasteiger partial charge on any atom is 0.00340 e. The number of rotatable bonds is 2. The summed E-state index contributed by atoms with van der Waals surface area (Å²) >= 11 is 3.57. The fraction of sp³-hybridized carbons (Fsp3) is 1.00. The summed E-state index contributed by atoms with van der Waals surface area (Å²) in [5, 5.41) is 1.20. The molecule has 0 N–H and O–H groups in total. The van der Waals surface area contributed by atoms with Crippen molar-refractivity contribution in [2.75, 3.05) is 5.33 Å². The predicted octanol–water partition coefficient (Wildman–Crippen LogP) is 3.84. The van der Waals surface area contributed by atoms with Crippen molar-refractivity contribution in [3.8, 4) is 0 Å². The van der Waals surface area contributed by atoms with Crippen LogP contribution in [-0.4, -0.2) is 5.33 Å². The zero-order valence-electron chi connectivity index (χ0n) is 8.15. The van der Waals surface area contributed by atoms with Crippen LogP contribution in [0.5, 0.6) is 0 Å². The van der Waals surface area contributed by atoms with Gasteiger partial charge in [0.05, 0.1) is 0 Å². The van der Waals surface area contributed by atoms with Gasteiger partial charge in [-0.05, 0) is 48.9 Å². The van der Waals surface area contributed by atoms with Crippen LogP contribution in [0.3, 0.4) is 0 Å². The van der Waals surface area contributed by atoms with E-state index in [-0.39, 0.29) is 0 Å². The molecular weight excluding hydrogens is 212 g/mol. The standard InChI is InChI=1S/C11H19Br/c1-11(2)9-4-3-8(5-6-12)10(11)7-9/h8-10H,3-7H2,1-2H3/t8-,9-,10+/m0/s1. The van der Waals surface area contributed by atoms with Crippen molar-refractivity contribution >= 4 is 15.9 Å². The minimum atomic E-state index is 0.686. The van der Waals surface area contributed by atoms with E-state index in [2.05, 4.69) is 29.8 Å². The molecule has 3 rings (SSSR count). The zero-order valence-corrected chi connectivity index (χ0v) is 9.73. The summed E-state index contributed by atoms with van der Waals surface area (Å²) in [6.45, 7) is 4.96. The van der Waals surface area contributed by atoms with Crippen molar-refractivity contribution in [3.05, 3.63) is 0 Å². The first-order chi connectivity index (χ1) is 5.66. The lowest BCUT2D eigenvalue weighted by Crippen LogP contribution is -2.52. The summed E-state index contributed by atoms with van der Waals surface area (Å²) in [4.78, 5) is 0. The smallest absolute Gasteiger partial charge is 0.00340 e. The molecule has 3 aliphatic rings. The zero-order chi connectivity index (χ0) is 8.77. The van der Waals surface area contributed by atoms with Crippen LogP contribution in [0.15, 0.2) is 0 Å². The van der Waals surface area contributed by atoms with Gasteiger partial charge in [0.25, 0.3) is 0 Å². The summed E-state index contributed by atoms with van der Waals surface area (Å²) in [7, 11) is 0. The Morgan fingerprint density at radius 1 is 1.33 bits per heavy atom. The second-order valence-electron chi connectivity index (χ2n) is 5.18. The van der Waals surface area contributed by atoms with Gasteiger partial charge in [-0.25, -0.2) is 0 Å². The molecule has 2 bridgehead atoms. The molecule has 12 heavy (non-hydrogen) atoms. The van der Waals surface area contributed by atoms with Gasteiger partial charge >= 0.3 is 0 Å². The SMILES string of the molecule is CC1(C)[C@H]2CC[C@@H](CCBr)[C@H]1C2. The van der Waals surface area contributed by atoms with Gasteiger partial charge < -0.3 is 0 Å². The van der Waals surface area contributed by atoms with E-state index in [0.29, 0.717) is 5.41 Å². The summed E-state index contributed by atoms with van der Waals surface area (Å²) in [5.41, 5.74) is 0.686. The van der Waals surface area contributed by atoms with Gasteiger partial charge in [-0.3, -0.25) is 0 Å². The van der Waals surface area contributed by atoms with Crippen LogP contribution in [0.4, 0.5) is 0 Å². The molecule has 0 aromatic rings. The molecule has 0 aromatic heterocycles. The number of hydrogen-bond acceptors (Lipinski definition) is 0. The average molecular weight is 231 g/mol. The third kappa shape index (κ3) is 1.16. The molecule has 0 heterocycles. The maximum absolute atomic E-state index is 3.57. The van der Waals surface area contributed by atoms with Crippen molar-refractivity contribution in [2.45, 2.75) is 39.5 Å². The molecule has 3 fully saturated rings. The Hall–Kier alpha value is 0.480. The third-order valence-corrected chi connectivity index (χ3v) is 4.94.